The van der Waals surface area contributed by atoms with E-state index in [9.17, 15) is 4.79 Å². The number of fused-ring (bicyclic) bond motifs is 1. The number of anilines is 1. The predicted octanol–water partition coefficient (Wildman–Crippen LogP) is 2.69. The highest BCUT2D eigenvalue weighted by molar-refractivity contribution is 9.10. The van der Waals surface area contributed by atoms with Gasteiger partial charge in [-0.3, -0.25) is 9.78 Å². The quantitative estimate of drug-likeness (QED) is 0.711. The van der Waals surface area contributed by atoms with Crippen LogP contribution in [0.4, 0.5) is 5.82 Å². The molecule has 1 saturated heterocycles. The summed E-state index contributed by atoms with van der Waals surface area (Å²) in [6.07, 6.45) is 3.30. The van der Waals surface area contributed by atoms with Crippen molar-refractivity contribution in [3.63, 3.8) is 0 Å². The predicted molar refractivity (Wildman–Crippen MR) is 103 cm³/mol. The summed E-state index contributed by atoms with van der Waals surface area (Å²) in [6, 6.07) is 7.85. The van der Waals surface area contributed by atoms with Crippen LogP contribution in [-0.2, 0) is 0 Å². The van der Waals surface area contributed by atoms with Gasteiger partial charge >= 0.3 is 0 Å². The van der Waals surface area contributed by atoms with Gasteiger partial charge in [0.15, 0.2) is 5.82 Å². The number of nitrogens with zero attached hydrogens (tertiary/aromatic N) is 4. The van der Waals surface area contributed by atoms with Crippen molar-refractivity contribution in [3.8, 4) is 5.88 Å². The van der Waals surface area contributed by atoms with Crippen LogP contribution in [0.25, 0.3) is 10.9 Å². The molecule has 26 heavy (non-hydrogen) atoms. The molecule has 0 radical (unpaired) electrons. The van der Waals surface area contributed by atoms with E-state index in [2.05, 4.69) is 35.8 Å². The summed E-state index contributed by atoms with van der Waals surface area (Å²) < 4.78 is 6.11. The second-order valence-corrected chi connectivity index (χ2v) is 7.03. The second-order valence-electron chi connectivity index (χ2n) is 6.11. The molecule has 0 saturated carbocycles. The molecule has 0 unspecified atom stereocenters. The van der Waals surface area contributed by atoms with Crippen molar-refractivity contribution in [2.45, 2.75) is 0 Å². The minimum Gasteiger partial charge on any atom is -0.480 e. The summed E-state index contributed by atoms with van der Waals surface area (Å²) in [6.45, 7) is 2.69. The van der Waals surface area contributed by atoms with E-state index in [4.69, 9.17) is 4.74 Å². The maximum Gasteiger partial charge on any atom is 0.270 e. The van der Waals surface area contributed by atoms with Crippen LogP contribution >= 0.6 is 15.9 Å². The van der Waals surface area contributed by atoms with E-state index in [1.165, 1.54) is 0 Å². The van der Waals surface area contributed by atoms with E-state index in [1.54, 1.807) is 19.5 Å². The van der Waals surface area contributed by atoms with Crippen LogP contribution in [0.15, 0.2) is 41.1 Å². The number of piperazine rings is 1. The lowest BCUT2D eigenvalue weighted by Crippen LogP contribution is -2.49. The smallest absolute Gasteiger partial charge is 0.270 e. The summed E-state index contributed by atoms with van der Waals surface area (Å²) in [4.78, 5) is 28.6. The fraction of sp³-hybridized carbons (Fsp3) is 0.278. The molecule has 0 atom stereocenters. The molecular weight excluding hydrogens is 398 g/mol. The number of H-pyrrole nitrogens is 1. The number of ether oxygens (including phenoxy) is 1. The van der Waals surface area contributed by atoms with Gasteiger partial charge in [-0.15, -0.1) is 0 Å². The number of aromatic nitrogens is 3. The molecule has 4 rings (SSSR count). The van der Waals surface area contributed by atoms with Crippen molar-refractivity contribution >= 4 is 38.6 Å². The van der Waals surface area contributed by atoms with Gasteiger partial charge in [0.1, 0.15) is 5.69 Å². The Bertz CT molecular complexity index is 950. The Morgan fingerprint density at radius 1 is 1.19 bits per heavy atom. The zero-order valence-electron chi connectivity index (χ0n) is 14.3. The lowest BCUT2D eigenvalue weighted by atomic mass is 10.2. The normalized spacial score (nSPS) is 14.7. The van der Waals surface area contributed by atoms with Crippen LogP contribution in [0.5, 0.6) is 5.88 Å². The molecule has 1 N–H and O–H groups in total. The average molecular weight is 416 g/mol. The number of hydrogen-bond donors (Lipinski definition) is 1. The lowest BCUT2D eigenvalue weighted by molar-refractivity contribution is 0.0741. The summed E-state index contributed by atoms with van der Waals surface area (Å²) in [7, 11) is 1.57. The van der Waals surface area contributed by atoms with Crippen LogP contribution in [0, 0.1) is 0 Å². The first-order valence-corrected chi connectivity index (χ1v) is 9.12. The van der Waals surface area contributed by atoms with E-state index in [1.807, 2.05) is 29.2 Å². The van der Waals surface area contributed by atoms with Crippen molar-refractivity contribution < 1.29 is 9.53 Å². The standard InChI is InChI=1S/C18H18BrN5O2/c1-26-17-11-20-10-16(22-17)23-4-6-24(7-5-23)18(25)15-8-12-2-3-13(19)9-14(12)21-15/h2-3,8-11,21H,4-7H2,1H3. The molecule has 0 aliphatic carbocycles. The third-order valence-corrected chi connectivity index (χ3v) is 5.01. The first-order chi connectivity index (χ1) is 12.6. The SMILES string of the molecule is COc1cncc(N2CCN(C(=O)c3cc4ccc(Br)cc4[nH]3)CC2)n1. The maximum absolute atomic E-state index is 12.8. The fourth-order valence-corrected chi connectivity index (χ4v) is 3.47. The van der Waals surface area contributed by atoms with Crippen molar-refractivity contribution in [1.82, 2.24) is 19.9 Å². The number of hydrogen-bond acceptors (Lipinski definition) is 5. The Kier molecular flexibility index (Phi) is 4.50. The molecule has 1 aliphatic rings. The molecule has 7 nitrogen and oxygen atoms in total. The Morgan fingerprint density at radius 3 is 2.77 bits per heavy atom. The number of aromatic amines is 1. The average Bonchev–Trinajstić information content (AvgIpc) is 3.10. The highest BCUT2D eigenvalue weighted by Gasteiger charge is 2.24. The van der Waals surface area contributed by atoms with Gasteiger partial charge in [-0.25, -0.2) is 0 Å². The zero-order chi connectivity index (χ0) is 18.1. The third kappa shape index (κ3) is 3.24. The van der Waals surface area contributed by atoms with Crippen LogP contribution in [0.1, 0.15) is 10.5 Å². The van der Waals surface area contributed by atoms with Crippen LogP contribution in [0.2, 0.25) is 0 Å². The number of amides is 1. The number of benzene rings is 1. The number of rotatable bonds is 3. The molecule has 1 amide bonds. The highest BCUT2D eigenvalue weighted by Crippen LogP contribution is 2.22. The van der Waals surface area contributed by atoms with E-state index in [0.717, 1.165) is 21.2 Å². The Hall–Kier alpha value is -2.61. The number of nitrogens with one attached hydrogen (secondary N) is 1. The topological polar surface area (TPSA) is 74.3 Å². The first-order valence-electron chi connectivity index (χ1n) is 8.32. The zero-order valence-corrected chi connectivity index (χ0v) is 15.9. The molecule has 3 heterocycles. The molecule has 3 aromatic rings. The minimum absolute atomic E-state index is 0.0219. The largest absolute Gasteiger partial charge is 0.480 e. The molecular formula is C18H18BrN5O2. The Balaban J connectivity index is 1.45. The van der Waals surface area contributed by atoms with Gasteiger partial charge < -0.3 is 19.5 Å². The molecule has 134 valence electrons. The number of halogens is 1. The van der Waals surface area contributed by atoms with E-state index in [0.29, 0.717) is 37.8 Å². The van der Waals surface area contributed by atoms with Gasteiger partial charge in [0.05, 0.1) is 19.5 Å². The van der Waals surface area contributed by atoms with E-state index in [-0.39, 0.29) is 5.91 Å². The van der Waals surface area contributed by atoms with Crippen LogP contribution in [0.3, 0.4) is 0 Å². The van der Waals surface area contributed by atoms with Gasteiger partial charge in [-0.1, -0.05) is 22.0 Å². The summed E-state index contributed by atoms with van der Waals surface area (Å²) in [5.41, 5.74) is 1.57. The van der Waals surface area contributed by atoms with Crippen molar-refractivity contribution in [1.29, 1.82) is 0 Å². The molecule has 2 aromatic heterocycles. The molecule has 8 heteroatoms. The Labute approximate surface area is 159 Å². The van der Waals surface area contributed by atoms with Crippen LogP contribution < -0.4 is 9.64 Å². The fourth-order valence-electron chi connectivity index (χ4n) is 3.11. The maximum atomic E-state index is 12.8. The summed E-state index contributed by atoms with van der Waals surface area (Å²) in [5.74, 6) is 1.28. The van der Waals surface area contributed by atoms with Crippen molar-refractivity contribution in [2.75, 3.05) is 38.2 Å². The second kappa shape index (κ2) is 6.95. The van der Waals surface area contributed by atoms with Gasteiger partial charge in [0.25, 0.3) is 5.91 Å². The summed E-state index contributed by atoms with van der Waals surface area (Å²) in [5, 5.41) is 1.03. The molecule has 1 aliphatic heterocycles. The number of carbonyl (C=O) groups is 1. The monoisotopic (exact) mass is 415 g/mol. The first kappa shape index (κ1) is 16.8. The molecule has 1 aromatic carbocycles. The van der Waals surface area contributed by atoms with E-state index < -0.39 is 0 Å². The van der Waals surface area contributed by atoms with Crippen LogP contribution in [-0.4, -0.2) is 59.0 Å². The molecule has 1 fully saturated rings. The van der Waals surface area contributed by atoms with Gasteiger partial charge in [0, 0.05) is 41.6 Å². The van der Waals surface area contributed by atoms with E-state index >= 15 is 0 Å². The number of methoxy groups -OCH3 is 1. The van der Waals surface area contributed by atoms with Crippen molar-refractivity contribution in [3.05, 3.63) is 46.8 Å². The molecule has 0 spiro atoms. The van der Waals surface area contributed by atoms with Gasteiger partial charge in [-0.2, -0.15) is 4.98 Å². The lowest BCUT2D eigenvalue weighted by Gasteiger charge is -2.35. The Morgan fingerprint density at radius 2 is 2.00 bits per heavy atom. The third-order valence-electron chi connectivity index (χ3n) is 4.51. The van der Waals surface area contributed by atoms with Crippen molar-refractivity contribution in [2.24, 2.45) is 0 Å². The number of carbonyl (C=O) groups excluding carboxylic acids is 1. The van der Waals surface area contributed by atoms with Gasteiger partial charge in [-0.05, 0) is 18.2 Å². The highest BCUT2D eigenvalue weighted by atomic mass is 79.9. The minimum atomic E-state index is 0.0219. The summed E-state index contributed by atoms with van der Waals surface area (Å²) >= 11 is 3.45. The van der Waals surface area contributed by atoms with Gasteiger partial charge in [0.2, 0.25) is 5.88 Å². The molecule has 0 bridgehead atoms.